The molecule has 2 N–H and O–H groups in total. The highest BCUT2D eigenvalue weighted by Gasteiger charge is 2.26. The summed E-state index contributed by atoms with van der Waals surface area (Å²) in [5.41, 5.74) is 1.11. The Balaban J connectivity index is 1.78. The van der Waals surface area contributed by atoms with Gasteiger partial charge >= 0.3 is 0 Å². The van der Waals surface area contributed by atoms with Gasteiger partial charge in [-0.3, -0.25) is 14.4 Å². The third-order valence-electron chi connectivity index (χ3n) is 4.43. The number of hydrogen-bond donors (Lipinski definition) is 2. The van der Waals surface area contributed by atoms with E-state index in [-0.39, 0.29) is 31.9 Å². The summed E-state index contributed by atoms with van der Waals surface area (Å²) in [6.07, 6.45) is 0. The molecule has 0 aliphatic carbocycles. The minimum absolute atomic E-state index is 0.0272. The van der Waals surface area contributed by atoms with Crippen LogP contribution in [-0.2, 0) is 0 Å². The van der Waals surface area contributed by atoms with Gasteiger partial charge in [0.05, 0.1) is 5.02 Å². The summed E-state index contributed by atoms with van der Waals surface area (Å²) in [4.78, 5) is 42.1. The van der Waals surface area contributed by atoms with Crippen LogP contribution in [0.1, 0.15) is 31.4 Å². The number of thiazole rings is 1. The first-order valence-corrected chi connectivity index (χ1v) is 10.5. The minimum Gasteiger partial charge on any atom is -0.321 e. The van der Waals surface area contributed by atoms with Crippen molar-refractivity contribution in [3.05, 3.63) is 85.5 Å². The number of rotatable bonds is 4. The summed E-state index contributed by atoms with van der Waals surface area (Å²) in [7, 11) is 0. The van der Waals surface area contributed by atoms with Gasteiger partial charge in [-0.1, -0.05) is 35.1 Å². The summed E-state index contributed by atoms with van der Waals surface area (Å²) in [6, 6.07) is 10.8. The smallest absolute Gasteiger partial charge is 0.295 e. The Morgan fingerprint density at radius 3 is 2.50 bits per heavy atom. The second-order valence-electron chi connectivity index (χ2n) is 6.88. The van der Waals surface area contributed by atoms with E-state index in [0.717, 1.165) is 23.0 Å². The maximum absolute atomic E-state index is 13.4. The van der Waals surface area contributed by atoms with Crippen LogP contribution in [0.25, 0.3) is 4.96 Å². The molecule has 2 aromatic heterocycles. The fourth-order valence-electron chi connectivity index (χ4n) is 2.93. The summed E-state index contributed by atoms with van der Waals surface area (Å²) >= 11 is 6.61. The van der Waals surface area contributed by atoms with Gasteiger partial charge in [0, 0.05) is 11.4 Å². The Bertz CT molecular complexity index is 1450. The molecule has 0 fully saturated rings. The van der Waals surface area contributed by atoms with Crippen LogP contribution in [0, 0.1) is 19.7 Å². The quantitative estimate of drug-likeness (QED) is 0.467. The molecule has 2 heterocycles. The molecule has 0 aliphatic rings. The number of aromatic nitrogens is 3. The topological polar surface area (TPSA) is 105 Å². The lowest BCUT2D eigenvalue weighted by Crippen LogP contribution is -2.23. The molecule has 4 aromatic rings. The van der Waals surface area contributed by atoms with Crippen LogP contribution < -0.4 is 16.2 Å². The lowest BCUT2D eigenvalue weighted by atomic mass is 10.2. The number of fused-ring (bicyclic) bond motifs is 1. The van der Waals surface area contributed by atoms with E-state index in [1.807, 2.05) is 13.0 Å². The molecule has 0 radical (unpaired) electrons. The molecule has 0 aliphatic heterocycles. The number of amides is 2. The Labute approximate surface area is 189 Å². The summed E-state index contributed by atoms with van der Waals surface area (Å²) in [6.45, 7) is 3.34. The first kappa shape index (κ1) is 21.6. The van der Waals surface area contributed by atoms with Crippen molar-refractivity contribution in [2.75, 3.05) is 10.6 Å². The summed E-state index contributed by atoms with van der Waals surface area (Å²) < 4.78 is 14.6. The van der Waals surface area contributed by atoms with Gasteiger partial charge < -0.3 is 10.6 Å². The van der Waals surface area contributed by atoms with Crippen molar-refractivity contribution in [2.45, 2.75) is 13.8 Å². The lowest BCUT2D eigenvalue weighted by molar-refractivity contribution is 0.0988. The summed E-state index contributed by atoms with van der Waals surface area (Å²) in [5, 5.41) is 9.28. The van der Waals surface area contributed by atoms with Crippen LogP contribution >= 0.6 is 22.9 Å². The normalized spacial score (nSPS) is 10.9. The second kappa shape index (κ2) is 8.48. The number of carbonyl (C=O) groups excluding carboxylic acids is 2. The molecule has 32 heavy (non-hydrogen) atoms. The van der Waals surface area contributed by atoms with Gasteiger partial charge in [0.1, 0.15) is 16.4 Å². The van der Waals surface area contributed by atoms with Crippen LogP contribution in [0.5, 0.6) is 0 Å². The van der Waals surface area contributed by atoms with Gasteiger partial charge in [-0.15, -0.1) is 0 Å². The van der Waals surface area contributed by atoms with Gasteiger partial charge in [-0.2, -0.15) is 14.6 Å². The zero-order chi connectivity index (χ0) is 23.0. The number of carbonyl (C=O) groups is 2. The second-order valence-corrected chi connectivity index (χ2v) is 8.27. The molecule has 162 valence electrons. The molecule has 0 unspecified atom stereocenters. The Hall–Kier alpha value is -3.63. The van der Waals surface area contributed by atoms with E-state index in [4.69, 9.17) is 11.6 Å². The molecule has 8 nitrogen and oxygen atoms in total. The molecule has 2 aromatic carbocycles. The van der Waals surface area contributed by atoms with Crippen molar-refractivity contribution in [3.8, 4) is 0 Å². The first-order valence-electron chi connectivity index (χ1n) is 9.28. The average Bonchev–Trinajstić information content (AvgIpc) is 3.09. The number of aryl methyl sites for hydroxylation is 2. The van der Waals surface area contributed by atoms with Gasteiger partial charge in [-0.25, -0.2) is 4.39 Å². The number of halogens is 2. The molecule has 0 spiro atoms. The van der Waals surface area contributed by atoms with Crippen molar-refractivity contribution in [2.24, 2.45) is 0 Å². The van der Waals surface area contributed by atoms with Gasteiger partial charge in [0.15, 0.2) is 5.69 Å². The van der Waals surface area contributed by atoms with Crippen molar-refractivity contribution < 1.29 is 14.0 Å². The zero-order valence-corrected chi connectivity index (χ0v) is 18.3. The van der Waals surface area contributed by atoms with E-state index in [2.05, 4.69) is 20.7 Å². The maximum Gasteiger partial charge on any atom is 0.295 e. The molecule has 0 bridgehead atoms. The minimum atomic E-state index is -0.663. The van der Waals surface area contributed by atoms with E-state index in [1.165, 1.54) is 23.6 Å². The first-order chi connectivity index (χ1) is 15.2. The van der Waals surface area contributed by atoms with Gasteiger partial charge in [-0.05, 0) is 49.7 Å². The SMILES string of the molecule is Cc1cccc(NC(=O)c2c(C(=O)Nc3ccc(F)c(Cl)c3)sc3nc(=O)c(C)nn23)c1. The van der Waals surface area contributed by atoms with Gasteiger partial charge in [0.25, 0.3) is 17.4 Å². The fraction of sp³-hybridized carbons (Fsp3) is 0.0952. The number of hydrogen-bond acceptors (Lipinski definition) is 6. The largest absolute Gasteiger partial charge is 0.321 e. The average molecular weight is 472 g/mol. The number of nitrogens with zero attached hydrogens (tertiary/aromatic N) is 3. The Morgan fingerprint density at radius 1 is 1.06 bits per heavy atom. The van der Waals surface area contributed by atoms with E-state index >= 15 is 0 Å². The van der Waals surface area contributed by atoms with Crippen molar-refractivity contribution in [1.29, 1.82) is 0 Å². The molecule has 0 atom stereocenters. The highest BCUT2D eigenvalue weighted by Crippen LogP contribution is 2.25. The highest BCUT2D eigenvalue weighted by molar-refractivity contribution is 7.19. The molecule has 2 amide bonds. The van der Waals surface area contributed by atoms with Gasteiger partial charge in [0.2, 0.25) is 4.96 Å². The third kappa shape index (κ3) is 4.23. The Kier molecular flexibility index (Phi) is 5.72. The highest BCUT2D eigenvalue weighted by atomic mass is 35.5. The van der Waals surface area contributed by atoms with E-state index < -0.39 is 23.2 Å². The van der Waals surface area contributed by atoms with Crippen molar-refractivity contribution in [3.63, 3.8) is 0 Å². The Morgan fingerprint density at radius 2 is 1.78 bits per heavy atom. The van der Waals surface area contributed by atoms with E-state index in [9.17, 15) is 18.8 Å². The molecular weight excluding hydrogens is 457 g/mol. The van der Waals surface area contributed by atoms with Crippen molar-refractivity contribution in [1.82, 2.24) is 14.6 Å². The monoisotopic (exact) mass is 471 g/mol. The fourth-order valence-corrected chi connectivity index (χ4v) is 4.06. The van der Waals surface area contributed by atoms with Crippen molar-refractivity contribution >= 4 is 51.1 Å². The molecular formula is C21H15ClFN5O3S. The lowest BCUT2D eigenvalue weighted by Gasteiger charge is -2.09. The van der Waals surface area contributed by atoms with Crippen LogP contribution in [0.4, 0.5) is 15.8 Å². The summed E-state index contributed by atoms with van der Waals surface area (Å²) in [5.74, 6) is -1.90. The number of benzene rings is 2. The number of anilines is 2. The predicted octanol–water partition coefficient (Wildman–Crippen LogP) is 4.06. The maximum atomic E-state index is 13.4. The van der Waals surface area contributed by atoms with Crippen LogP contribution in [0.3, 0.4) is 0 Å². The number of nitrogens with one attached hydrogen (secondary N) is 2. The standard InChI is InChI=1S/C21H15ClFN5O3S/c1-10-4-3-5-12(8-10)24-19(30)16-17(32-21-26-18(29)11(2)27-28(16)21)20(31)25-13-6-7-15(23)14(22)9-13/h3-9H,1-2H3,(H,24,30)(H,25,31). The third-order valence-corrected chi connectivity index (χ3v) is 5.75. The van der Waals surface area contributed by atoms with E-state index in [1.54, 1.807) is 18.2 Å². The van der Waals surface area contributed by atoms with E-state index in [0.29, 0.717) is 5.69 Å². The molecule has 0 saturated heterocycles. The van der Waals surface area contributed by atoms with Crippen LogP contribution in [0.2, 0.25) is 5.02 Å². The molecule has 4 rings (SSSR count). The predicted molar refractivity (Wildman–Crippen MR) is 120 cm³/mol. The van der Waals surface area contributed by atoms with Crippen LogP contribution in [0.15, 0.2) is 47.3 Å². The zero-order valence-electron chi connectivity index (χ0n) is 16.8. The van der Waals surface area contributed by atoms with Crippen LogP contribution in [-0.4, -0.2) is 26.4 Å². The molecule has 11 heteroatoms. The molecule has 0 saturated carbocycles.